The van der Waals surface area contributed by atoms with Crippen LogP contribution in [0, 0.1) is 12.8 Å². The molecule has 0 spiro atoms. The third-order valence-electron chi connectivity index (χ3n) is 3.45. The minimum atomic E-state index is -0.827. The molecule has 2 N–H and O–H groups in total. The van der Waals surface area contributed by atoms with Crippen molar-refractivity contribution in [1.29, 1.82) is 0 Å². The number of phenols is 1. The van der Waals surface area contributed by atoms with Gasteiger partial charge in [0.25, 0.3) is 0 Å². The third kappa shape index (κ3) is 2.58. The third-order valence-corrected chi connectivity index (χ3v) is 3.45. The molecule has 4 nitrogen and oxygen atoms in total. The highest BCUT2D eigenvalue weighted by Gasteiger charge is 2.35. The van der Waals surface area contributed by atoms with E-state index >= 15 is 0 Å². The van der Waals surface area contributed by atoms with Crippen LogP contribution in [0.3, 0.4) is 0 Å². The summed E-state index contributed by atoms with van der Waals surface area (Å²) < 4.78 is 5.12. The van der Waals surface area contributed by atoms with Crippen LogP contribution in [-0.2, 0) is 4.79 Å². The second kappa shape index (κ2) is 4.88. The molecule has 0 radical (unpaired) electrons. The second-order valence-electron chi connectivity index (χ2n) is 4.95. The lowest BCUT2D eigenvalue weighted by atomic mass is 9.89. The van der Waals surface area contributed by atoms with E-state index in [1.807, 2.05) is 13.0 Å². The van der Waals surface area contributed by atoms with E-state index in [9.17, 15) is 9.90 Å². The number of ether oxygens (including phenoxy) is 1. The first-order valence-corrected chi connectivity index (χ1v) is 6.12. The molecule has 0 aromatic heterocycles. The average molecular weight is 250 g/mol. The number of carboxylic acid groups (broad SMARTS) is 1. The topological polar surface area (TPSA) is 66.8 Å². The largest absolute Gasteiger partial charge is 0.504 e. The number of benzene rings is 1. The van der Waals surface area contributed by atoms with Crippen LogP contribution in [0.15, 0.2) is 12.1 Å². The average Bonchev–Trinajstić information content (AvgIpc) is 3.12. The van der Waals surface area contributed by atoms with Gasteiger partial charge in [0.15, 0.2) is 11.5 Å². The summed E-state index contributed by atoms with van der Waals surface area (Å²) in [4.78, 5) is 11.0. The van der Waals surface area contributed by atoms with E-state index in [0.717, 1.165) is 18.4 Å². The van der Waals surface area contributed by atoms with E-state index < -0.39 is 5.97 Å². The highest BCUT2D eigenvalue weighted by molar-refractivity contribution is 5.69. The van der Waals surface area contributed by atoms with Gasteiger partial charge in [-0.15, -0.1) is 0 Å². The van der Waals surface area contributed by atoms with Crippen molar-refractivity contribution < 1.29 is 19.7 Å². The Bertz CT molecular complexity index is 463. The minimum absolute atomic E-state index is 0.0604. The van der Waals surface area contributed by atoms with Crippen LogP contribution in [0.2, 0.25) is 0 Å². The number of aryl methyl sites for hydroxylation is 1. The molecule has 1 unspecified atom stereocenters. The first-order valence-electron chi connectivity index (χ1n) is 6.12. The second-order valence-corrected chi connectivity index (χ2v) is 4.95. The van der Waals surface area contributed by atoms with Crippen LogP contribution in [0.25, 0.3) is 0 Å². The van der Waals surface area contributed by atoms with Crippen molar-refractivity contribution in [1.82, 2.24) is 0 Å². The molecule has 4 heteroatoms. The van der Waals surface area contributed by atoms with Crippen LogP contribution in [-0.4, -0.2) is 23.3 Å². The number of aliphatic carboxylic acids is 1. The number of hydrogen-bond acceptors (Lipinski definition) is 3. The molecule has 0 heterocycles. The molecule has 0 saturated heterocycles. The Morgan fingerprint density at radius 2 is 2.17 bits per heavy atom. The van der Waals surface area contributed by atoms with Gasteiger partial charge in [0.05, 0.1) is 13.5 Å². The van der Waals surface area contributed by atoms with Gasteiger partial charge >= 0.3 is 5.97 Å². The lowest BCUT2D eigenvalue weighted by Gasteiger charge is -2.18. The lowest BCUT2D eigenvalue weighted by molar-refractivity contribution is -0.137. The number of methoxy groups -OCH3 is 1. The van der Waals surface area contributed by atoms with Gasteiger partial charge in [0.1, 0.15) is 0 Å². The fraction of sp³-hybridized carbons (Fsp3) is 0.500. The standard InChI is InChI=1S/C14H18O4/c1-8-5-11(14(17)12(6-8)18-2)10(7-13(15)16)9-3-4-9/h5-6,9-10,17H,3-4,7H2,1-2H3,(H,15,16). The van der Waals surface area contributed by atoms with Crippen LogP contribution >= 0.6 is 0 Å². The highest BCUT2D eigenvalue weighted by atomic mass is 16.5. The van der Waals surface area contributed by atoms with Gasteiger partial charge in [0.2, 0.25) is 0 Å². The van der Waals surface area contributed by atoms with Gasteiger partial charge < -0.3 is 14.9 Å². The van der Waals surface area contributed by atoms with E-state index in [0.29, 0.717) is 17.2 Å². The molecule has 1 aromatic rings. The molecule has 98 valence electrons. The number of aromatic hydroxyl groups is 1. The molecular formula is C14H18O4. The van der Waals surface area contributed by atoms with Crippen molar-refractivity contribution in [2.45, 2.75) is 32.1 Å². The summed E-state index contributed by atoms with van der Waals surface area (Å²) in [6.45, 7) is 1.91. The van der Waals surface area contributed by atoms with Crippen molar-refractivity contribution in [3.8, 4) is 11.5 Å². The molecule has 18 heavy (non-hydrogen) atoms. The quantitative estimate of drug-likeness (QED) is 0.843. The zero-order chi connectivity index (χ0) is 13.3. The van der Waals surface area contributed by atoms with Crippen LogP contribution < -0.4 is 4.74 Å². The maximum atomic E-state index is 11.0. The van der Waals surface area contributed by atoms with Gasteiger partial charge in [-0.3, -0.25) is 4.79 Å². The maximum absolute atomic E-state index is 11.0. The van der Waals surface area contributed by atoms with Crippen LogP contribution in [0.1, 0.15) is 36.3 Å². The summed E-state index contributed by atoms with van der Waals surface area (Å²) in [6, 6.07) is 3.62. The number of carboxylic acids is 1. The summed E-state index contributed by atoms with van der Waals surface area (Å²) in [5.74, 6) is -0.0659. The smallest absolute Gasteiger partial charge is 0.303 e. The van der Waals surface area contributed by atoms with Crippen molar-refractivity contribution in [3.63, 3.8) is 0 Å². The van der Waals surface area contributed by atoms with E-state index in [2.05, 4.69) is 0 Å². The van der Waals surface area contributed by atoms with Gasteiger partial charge in [-0.2, -0.15) is 0 Å². The molecule has 2 rings (SSSR count). The van der Waals surface area contributed by atoms with Gasteiger partial charge in [0, 0.05) is 11.5 Å². The van der Waals surface area contributed by atoms with E-state index in [-0.39, 0.29) is 18.1 Å². The fourth-order valence-electron chi connectivity index (χ4n) is 2.43. The molecule has 1 saturated carbocycles. The Kier molecular flexibility index (Phi) is 3.45. The lowest BCUT2D eigenvalue weighted by Crippen LogP contribution is -2.09. The number of hydrogen-bond donors (Lipinski definition) is 2. The molecule has 1 aliphatic rings. The van der Waals surface area contributed by atoms with Crippen molar-refractivity contribution in [2.75, 3.05) is 7.11 Å². The van der Waals surface area contributed by atoms with E-state index in [4.69, 9.17) is 9.84 Å². The van der Waals surface area contributed by atoms with Crippen molar-refractivity contribution in [3.05, 3.63) is 23.3 Å². The molecule has 1 atom stereocenters. The molecule has 1 aromatic carbocycles. The molecule has 1 fully saturated rings. The Balaban J connectivity index is 2.40. The maximum Gasteiger partial charge on any atom is 0.303 e. The van der Waals surface area contributed by atoms with Gasteiger partial charge in [-0.1, -0.05) is 6.07 Å². The van der Waals surface area contributed by atoms with Crippen LogP contribution in [0.4, 0.5) is 0 Å². The SMILES string of the molecule is COc1cc(C)cc(C(CC(=O)O)C2CC2)c1O. The van der Waals surface area contributed by atoms with Crippen molar-refractivity contribution in [2.24, 2.45) is 5.92 Å². The minimum Gasteiger partial charge on any atom is -0.504 e. The zero-order valence-corrected chi connectivity index (χ0v) is 10.6. The zero-order valence-electron chi connectivity index (χ0n) is 10.6. The summed E-state index contributed by atoms with van der Waals surface area (Å²) in [6.07, 6.45) is 2.13. The first-order chi connectivity index (χ1) is 8.52. The molecular weight excluding hydrogens is 232 g/mol. The van der Waals surface area contributed by atoms with E-state index in [1.165, 1.54) is 7.11 Å². The van der Waals surface area contributed by atoms with Crippen molar-refractivity contribution >= 4 is 5.97 Å². The van der Waals surface area contributed by atoms with E-state index in [1.54, 1.807) is 6.07 Å². The van der Waals surface area contributed by atoms with Gasteiger partial charge in [-0.25, -0.2) is 0 Å². The predicted octanol–water partition coefficient (Wildman–Crippen LogP) is 2.68. The van der Waals surface area contributed by atoms with Crippen LogP contribution in [0.5, 0.6) is 11.5 Å². The highest BCUT2D eigenvalue weighted by Crippen LogP contribution is 2.48. The Labute approximate surface area is 106 Å². The Morgan fingerprint density at radius 1 is 1.50 bits per heavy atom. The summed E-state index contributed by atoms with van der Waals surface area (Å²) >= 11 is 0. The molecule has 0 bridgehead atoms. The number of rotatable bonds is 5. The number of phenolic OH excluding ortho intramolecular Hbond substituents is 1. The van der Waals surface area contributed by atoms with Gasteiger partial charge in [-0.05, 0) is 37.3 Å². The Hall–Kier alpha value is -1.71. The predicted molar refractivity (Wildman–Crippen MR) is 67.1 cm³/mol. The summed E-state index contributed by atoms with van der Waals surface area (Å²) in [5.41, 5.74) is 1.67. The first kappa shape index (κ1) is 12.7. The monoisotopic (exact) mass is 250 g/mol. The molecule has 0 amide bonds. The summed E-state index contributed by atoms with van der Waals surface area (Å²) in [5, 5.41) is 19.2. The Morgan fingerprint density at radius 3 is 2.67 bits per heavy atom. The molecule has 1 aliphatic carbocycles. The normalized spacial score (nSPS) is 16.3. The summed E-state index contributed by atoms with van der Waals surface area (Å²) in [7, 11) is 1.50. The molecule has 0 aliphatic heterocycles. The number of carbonyl (C=O) groups is 1. The fourth-order valence-corrected chi connectivity index (χ4v) is 2.43.